The van der Waals surface area contributed by atoms with Crippen LogP contribution in [0.3, 0.4) is 0 Å². The summed E-state index contributed by atoms with van der Waals surface area (Å²) in [4.78, 5) is 9.92. The summed E-state index contributed by atoms with van der Waals surface area (Å²) >= 11 is 0. The van der Waals surface area contributed by atoms with Crippen molar-refractivity contribution >= 4 is 6.16 Å². The molecule has 0 heterocycles. The van der Waals surface area contributed by atoms with Crippen LogP contribution in [0.2, 0.25) is 0 Å². The molecule has 0 saturated carbocycles. The van der Waals surface area contributed by atoms with Gasteiger partial charge in [0.2, 0.25) is 0 Å². The van der Waals surface area contributed by atoms with E-state index in [2.05, 4.69) is 11.7 Å². The van der Waals surface area contributed by atoms with Crippen molar-refractivity contribution < 1.29 is 23.4 Å². The van der Waals surface area contributed by atoms with E-state index in [9.17, 15) is 13.6 Å². The number of hydrogen-bond donors (Lipinski definition) is 1. The van der Waals surface area contributed by atoms with Gasteiger partial charge in [0.25, 0.3) is 0 Å². The summed E-state index contributed by atoms with van der Waals surface area (Å²) in [6.07, 6.45) is 0.466. The van der Waals surface area contributed by atoms with Crippen LogP contribution in [-0.2, 0) is 4.74 Å². The molecule has 0 fully saturated rings. The zero-order chi connectivity index (χ0) is 12.4. The standard InChI is InChI=1S/C11H20F2O3/c1-2-3-4-5-6-7-8-9-11(12,13)16-10(14)15/h2-9H2,1H3,(H,14,15). The van der Waals surface area contributed by atoms with Gasteiger partial charge in [-0.1, -0.05) is 45.4 Å². The van der Waals surface area contributed by atoms with Crippen LogP contribution in [0.1, 0.15) is 58.3 Å². The summed E-state index contributed by atoms with van der Waals surface area (Å²) < 4.78 is 28.9. The molecular weight excluding hydrogens is 218 g/mol. The Balaban J connectivity index is 3.39. The van der Waals surface area contributed by atoms with E-state index in [1.807, 2.05) is 0 Å². The Morgan fingerprint density at radius 3 is 2.12 bits per heavy atom. The van der Waals surface area contributed by atoms with Crippen LogP contribution in [0, 0.1) is 0 Å². The van der Waals surface area contributed by atoms with Gasteiger partial charge < -0.3 is 9.84 Å². The first-order valence-electron chi connectivity index (χ1n) is 5.77. The van der Waals surface area contributed by atoms with Gasteiger partial charge in [-0.05, 0) is 6.42 Å². The Morgan fingerprint density at radius 1 is 1.12 bits per heavy atom. The summed E-state index contributed by atoms with van der Waals surface area (Å²) in [5, 5.41) is 8.05. The summed E-state index contributed by atoms with van der Waals surface area (Å²) in [6.45, 7) is 2.11. The molecule has 0 aliphatic rings. The maximum absolute atomic E-state index is 12.7. The van der Waals surface area contributed by atoms with Crippen LogP contribution in [-0.4, -0.2) is 17.4 Å². The summed E-state index contributed by atoms with van der Waals surface area (Å²) in [5.41, 5.74) is 0. The van der Waals surface area contributed by atoms with E-state index in [1.54, 1.807) is 0 Å². The second kappa shape index (κ2) is 8.30. The Labute approximate surface area is 94.8 Å². The van der Waals surface area contributed by atoms with Crippen LogP contribution in [0.5, 0.6) is 0 Å². The highest BCUT2D eigenvalue weighted by atomic mass is 19.3. The van der Waals surface area contributed by atoms with E-state index in [-0.39, 0.29) is 0 Å². The Kier molecular flexibility index (Phi) is 7.85. The second-order valence-electron chi connectivity index (χ2n) is 3.88. The lowest BCUT2D eigenvalue weighted by Gasteiger charge is -2.13. The molecule has 0 radical (unpaired) electrons. The van der Waals surface area contributed by atoms with E-state index in [1.165, 1.54) is 6.42 Å². The van der Waals surface area contributed by atoms with Gasteiger partial charge in [-0.25, -0.2) is 4.79 Å². The molecular formula is C11H20F2O3. The summed E-state index contributed by atoms with van der Waals surface area (Å²) in [6, 6.07) is 0. The Morgan fingerprint density at radius 2 is 1.62 bits per heavy atom. The van der Waals surface area contributed by atoms with Gasteiger partial charge in [-0.15, -0.1) is 0 Å². The fraction of sp³-hybridized carbons (Fsp3) is 0.909. The molecule has 0 amide bonds. The number of alkyl halides is 2. The predicted molar refractivity (Wildman–Crippen MR) is 56.7 cm³/mol. The van der Waals surface area contributed by atoms with Crippen LogP contribution < -0.4 is 0 Å². The molecule has 0 aliphatic heterocycles. The lowest BCUT2D eigenvalue weighted by molar-refractivity contribution is -0.212. The van der Waals surface area contributed by atoms with Crippen molar-refractivity contribution in [3.05, 3.63) is 0 Å². The monoisotopic (exact) mass is 238 g/mol. The minimum Gasteiger partial charge on any atom is -0.450 e. The number of rotatable bonds is 9. The molecule has 0 aromatic rings. The van der Waals surface area contributed by atoms with E-state index in [0.717, 1.165) is 25.7 Å². The molecule has 0 rings (SSSR count). The number of carbonyl (C=O) groups is 1. The van der Waals surface area contributed by atoms with Gasteiger partial charge in [0.15, 0.2) is 0 Å². The molecule has 0 bridgehead atoms. The lowest BCUT2D eigenvalue weighted by atomic mass is 10.1. The minimum atomic E-state index is -3.53. The van der Waals surface area contributed by atoms with Gasteiger partial charge in [0, 0.05) is 0 Å². The first kappa shape index (κ1) is 15.1. The molecule has 3 nitrogen and oxygen atoms in total. The fourth-order valence-corrected chi connectivity index (χ4v) is 1.47. The van der Waals surface area contributed by atoms with Crippen molar-refractivity contribution in [2.45, 2.75) is 64.4 Å². The van der Waals surface area contributed by atoms with Crippen molar-refractivity contribution in [1.82, 2.24) is 0 Å². The first-order chi connectivity index (χ1) is 7.48. The molecule has 0 saturated heterocycles. The van der Waals surface area contributed by atoms with Crippen molar-refractivity contribution in [2.24, 2.45) is 0 Å². The SMILES string of the molecule is CCCCCCCCCC(F)(F)OC(=O)O. The second-order valence-corrected chi connectivity index (χ2v) is 3.88. The van der Waals surface area contributed by atoms with Crippen molar-refractivity contribution in [1.29, 1.82) is 0 Å². The van der Waals surface area contributed by atoms with Gasteiger partial charge >= 0.3 is 12.3 Å². The molecule has 0 atom stereocenters. The number of carboxylic acid groups (broad SMARTS) is 1. The van der Waals surface area contributed by atoms with Gasteiger partial charge in [0.05, 0.1) is 6.42 Å². The molecule has 96 valence electrons. The quantitative estimate of drug-likeness (QED) is 0.478. The minimum absolute atomic E-state index is 0.298. The van der Waals surface area contributed by atoms with Gasteiger partial charge in [-0.3, -0.25) is 0 Å². The molecule has 0 aromatic heterocycles. The maximum Gasteiger partial charge on any atom is 0.510 e. The number of unbranched alkanes of at least 4 members (excludes halogenated alkanes) is 6. The van der Waals surface area contributed by atoms with Crippen LogP contribution >= 0.6 is 0 Å². The normalized spacial score (nSPS) is 11.4. The highest BCUT2D eigenvalue weighted by Gasteiger charge is 2.32. The van der Waals surface area contributed by atoms with E-state index < -0.39 is 18.7 Å². The van der Waals surface area contributed by atoms with E-state index in [4.69, 9.17) is 5.11 Å². The Hall–Kier alpha value is -0.870. The first-order valence-corrected chi connectivity index (χ1v) is 5.77. The van der Waals surface area contributed by atoms with Crippen molar-refractivity contribution in [2.75, 3.05) is 0 Å². The maximum atomic E-state index is 12.7. The van der Waals surface area contributed by atoms with Crippen molar-refractivity contribution in [3.8, 4) is 0 Å². The molecule has 0 aliphatic carbocycles. The average Bonchev–Trinajstić information content (AvgIpc) is 2.14. The third kappa shape index (κ3) is 9.68. The number of halogens is 2. The molecule has 0 unspecified atom stereocenters. The fourth-order valence-electron chi connectivity index (χ4n) is 1.47. The van der Waals surface area contributed by atoms with E-state index >= 15 is 0 Å². The summed E-state index contributed by atoms with van der Waals surface area (Å²) in [7, 11) is 0. The Bertz CT molecular complexity index is 196. The van der Waals surface area contributed by atoms with E-state index in [0.29, 0.717) is 12.8 Å². The zero-order valence-corrected chi connectivity index (χ0v) is 9.68. The van der Waals surface area contributed by atoms with Gasteiger partial charge in [-0.2, -0.15) is 8.78 Å². The lowest BCUT2D eigenvalue weighted by Crippen LogP contribution is -2.23. The summed E-state index contributed by atoms with van der Waals surface area (Å²) in [5.74, 6) is 0. The van der Waals surface area contributed by atoms with Crippen LogP contribution in [0.25, 0.3) is 0 Å². The number of hydrogen-bond acceptors (Lipinski definition) is 2. The van der Waals surface area contributed by atoms with Crippen LogP contribution in [0.15, 0.2) is 0 Å². The zero-order valence-electron chi connectivity index (χ0n) is 9.68. The highest BCUT2D eigenvalue weighted by molar-refractivity contribution is 5.57. The topological polar surface area (TPSA) is 46.5 Å². The average molecular weight is 238 g/mol. The molecule has 0 aromatic carbocycles. The third-order valence-corrected chi connectivity index (χ3v) is 2.31. The third-order valence-electron chi connectivity index (χ3n) is 2.31. The predicted octanol–water partition coefficient (Wildman–Crippen LogP) is 4.41. The molecule has 5 heteroatoms. The molecule has 0 spiro atoms. The smallest absolute Gasteiger partial charge is 0.450 e. The number of ether oxygens (including phenoxy) is 1. The molecule has 16 heavy (non-hydrogen) atoms. The highest BCUT2D eigenvalue weighted by Crippen LogP contribution is 2.23. The molecule has 1 N–H and O–H groups in total. The van der Waals surface area contributed by atoms with Gasteiger partial charge in [0.1, 0.15) is 0 Å². The largest absolute Gasteiger partial charge is 0.510 e. The van der Waals surface area contributed by atoms with Crippen molar-refractivity contribution in [3.63, 3.8) is 0 Å². The van der Waals surface area contributed by atoms with Crippen LogP contribution in [0.4, 0.5) is 13.6 Å².